The summed E-state index contributed by atoms with van der Waals surface area (Å²) < 4.78 is 11.4. The quantitative estimate of drug-likeness (QED) is 0.862. The SMILES string of the molecule is CCNCc1cc(Cl)c(OC2CCCC2)c(OC)c1. The number of ether oxygens (including phenoxy) is 2. The van der Waals surface area contributed by atoms with Gasteiger partial charge in [-0.25, -0.2) is 0 Å². The van der Waals surface area contributed by atoms with Gasteiger partial charge in [-0.15, -0.1) is 0 Å². The Morgan fingerprint density at radius 2 is 2.05 bits per heavy atom. The van der Waals surface area contributed by atoms with Crippen molar-refractivity contribution in [3.63, 3.8) is 0 Å². The maximum absolute atomic E-state index is 6.34. The van der Waals surface area contributed by atoms with Gasteiger partial charge in [0.1, 0.15) is 0 Å². The zero-order valence-electron chi connectivity index (χ0n) is 11.7. The molecule has 0 bridgehead atoms. The van der Waals surface area contributed by atoms with Crippen LogP contribution in [-0.2, 0) is 6.54 Å². The summed E-state index contributed by atoms with van der Waals surface area (Å²) >= 11 is 6.34. The third-order valence-corrected chi connectivity index (χ3v) is 3.74. The lowest BCUT2D eigenvalue weighted by molar-refractivity contribution is 0.201. The number of benzene rings is 1. The first-order chi connectivity index (χ1) is 9.24. The van der Waals surface area contributed by atoms with Gasteiger partial charge in [0, 0.05) is 6.54 Å². The molecule has 1 aromatic rings. The van der Waals surface area contributed by atoms with Crippen LogP contribution in [0, 0.1) is 0 Å². The first kappa shape index (κ1) is 14.5. The Hall–Kier alpha value is -0.930. The molecule has 1 N–H and O–H groups in total. The van der Waals surface area contributed by atoms with Crippen LogP contribution in [0.1, 0.15) is 38.2 Å². The molecule has 0 aromatic heterocycles. The van der Waals surface area contributed by atoms with Gasteiger partial charge in [-0.3, -0.25) is 0 Å². The van der Waals surface area contributed by atoms with Gasteiger partial charge < -0.3 is 14.8 Å². The van der Waals surface area contributed by atoms with Crippen molar-refractivity contribution in [2.45, 2.75) is 45.3 Å². The van der Waals surface area contributed by atoms with Crippen LogP contribution in [-0.4, -0.2) is 19.8 Å². The molecule has 1 fully saturated rings. The van der Waals surface area contributed by atoms with E-state index in [1.807, 2.05) is 12.1 Å². The third-order valence-electron chi connectivity index (χ3n) is 3.46. The molecule has 0 amide bonds. The van der Waals surface area contributed by atoms with Gasteiger partial charge >= 0.3 is 0 Å². The van der Waals surface area contributed by atoms with Crippen LogP contribution in [0.2, 0.25) is 5.02 Å². The first-order valence-electron chi connectivity index (χ1n) is 6.98. The van der Waals surface area contributed by atoms with Crippen molar-refractivity contribution in [2.24, 2.45) is 0 Å². The maximum Gasteiger partial charge on any atom is 0.180 e. The lowest BCUT2D eigenvalue weighted by Crippen LogP contribution is -2.14. The van der Waals surface area contributed by atoms with Crippen LogP contribution < -0.4 is 14.8 Å². The van der Waals surface area contributed by atoms with E-state index in [1.54, 1.807) is 7.11 Å². The monoisotopic (exact) mass is 283 g/mol. The summed E-state index contributed by atoms with van der Waals surface area (Å²) in [5.41, 5.74) is 1.11. The van der Waals surface area contributed by atoms with E-state index in [-0.39, 0.29) is 6.10 Å². The van der Waals surface area contributed by atoms with Crippen LogP contribution in [0.15, 0.2) is 12.1 Å². The van der Waals surface area contributed by atoms with E-state index in [2.05, 4.69) is 12.2 Å². The van der Waals surface area contributed by atoms with E-state index >= 15 is 0 Å². The summed E-state index contributed by atoms with van der Waals surface area (Å²) in [4.78, 5) is 0. The highest BCUT2D eigenvalue weighted by Gasteiger charge is 2.20. The minimum atomic E-state index is 0.283. The van der Waals surface area contributed by atoms with E-state index in [1.165, 1.54) is 12.8 Å². The standard InChI is InChI=1S/C15H22ClNO2/c1-3-17-10-11-8-13(16)15(14(9-11)18-2)19-12-6-4-5-7-12/h8-9,12,17H,3-7,10H2,1-2H3. The molecule has 1 aliphatic rings. The van der Waals surface area contributed by atoms with Crippen molar-refractivity contribution in [1.82, 2.24) is 5.32 Å². The fraction of sp³-hybridized carbons (Fsp3) is 0.600. The smallest absolute Gasteiger partial charge is 0.180 e. The molecular weight excluding hydrogens is 262 g/mol. The van der Waals surface area contributed by atoms with Crippen LogP contribution >= 0.6 is 11.6 Å². The van der Waals surface area contributed by atoms with Crippen molar-refractivity contribution in [3.05, 3.63) is 22.7 Å². The molecule has 0 aliphatic heterocycles. The van der Waals surface area contributed by atoms with Crippen molar-refractivity contribution >= 4 is 11.6 Å². The Balaban J connectivity index is 2.16. The van der Waals surface area contributed by atoms with Gasteiger partial charge in [0.15, 0.2) is 11.5 Å². The summed E-state index contributed by atoms with van der Waals surface area (Å²) in [5, 5.41) is 3.92. The van der Waals surface area contributed by atoms with E-state index in [9.17, 15) is 0 Å². The fourth-order valence-electron chi connectivity index (χ4n) is 2.43. The Morgan fingerprint density at radius 3 is 2.68 bits per heavy atom. The van der Waals surface area contributed by atoms with Gasteiger partial charge in [-0.05, 0) is 49.9 Å². The van der Waals surface area contributed by atoms with E-state index in [4.69, 9.17) is 21.1 Å². The average Bonchev–Trinajstić information content (AvgIpc) is 2.91. The van der Waals surface area contributed by atoms with Gasteiger partial charge in [-0.2, -0.15) is 0 Å². The second-order valence-corrected chi connectivity index (χ2v) is 5.32. The van der Waals surface area contributed by atoms with Crippen molar-refractivity contribution in [2.75, 3.05) is 13.7 Å². The molecule has 1 saturated carbocycles. The van der Waals surface area contributed by atoms with E-state index in [0.717, 1.165) is 37.2 Å². The van der Waals surface area contributed by atoms with Crippen LogP contribution in [0.3, 0.4) is 0 Å². The summed E-state index contributed by atoms with van der Waals surface area (Å²) in [6.07, 6.45) is 4.98. The predicted molar refractivity (Wildman–Crippen MR) is 78.3 cm³/mol. The van der Waals surface area contributed by atoms with E-state index < -0.39 is 0 Å². The Morgan fingerprint density at radius 1 is 1.32 bits per heavy atom. The van der Waals surface area contributed by atoms with Gasteiger partial charge in [0.25, 0.3) is 0 Å². The van der Waals surface area contributed by atoms with Crippen LogP contribution in [0.5, 0.6) is 11.5 Å². The zero-order chi connectivity index (χ0) is 13.7. The molecule has 0 spiro atoms. The molecule has 0 unspecified atom stereocenters. The van der Waals surface area contributed by atoms with Gasteiger partial charge in [0.2, 0.25) is 0 Å². The predicted octanol–water partition coefficient (Wildman–Crippen LogP) is 3.78. The number of nitrogens with one attached hydrogen (secondary N) is 1. The Bertz CT molecular complexity index is 417. The molecule has 106 valence electrons. The molecule has 0 atom stereocenters. The molecule has 19 heavy (non-hydrogen) atoms. The number of rotatable bonds is 6. The molecule has 0 radical (unpaired) electrons. The summed E-state index contributed by atoms with van der Waals surface area (Å²) in [6.45, 7) is 3.80. The molecule has 0 saturated heterocycles. The normalized spacial score (nSPS) is 15.7. The molecule has 4 heteroatoms. The van der Waals surface area contributed by atoms with Crippen LogP contribution in [0.25, 0.3) is 0 Å². The average molecular weight is 284 g/mol. The van der Waals surface area contributed by atoms with Crippen molar-refractivity contribution < 1.29 is 9.47 Å². The van der Waals surface area contributed by atoms with Crippen LogP contribution in [0.4, 0.5) is 0 Å². The second-order valence-electron chi connectivity index (χ2n) is 4.91. The highest BCUT2D eigenvalue weighted by molar-refractivity contribution is 6.32. The molecule has 1 aliphatic carbocycles. The van der Waals surface area contributed by atoms with E-state index in [0.29, 0.717) is 10.8 Å². The molecular formula is C15H22ClNO2. The maximum atomic E-state index is 6.34. The first-order valence-corrected chi connectivity index (χ1v) is 7.36. The summed E-state index contributed by atoms with van der Waals surface area (Å²) in [7, 11) is 1.66. The number of methoxy groups -OCH3 is 1. The molecule has 3 nitrogen and oxygen atoms in total. The van der Waals surface area contributed by atoms with Crippen molar-refractivity contribution in [3.8, 4) is 11.5 Å². The minimum absolute atomic E-state index is 0.283. The fourth-order valence-corrected chi connectivity index (χ4v) is 2.71. The number of halogens is 1. The molecule has 1 aromatic carbocycles. The second kappa shape index (κ2) is 7.01. The molecule has 2 rings (SSSR count). The lowest BCUT2D eigenvalue weighted by Gasteiger charge is -2.18. The molecule has 0 heterocycles. The van der Waals surface area contributed by atoms with Gasteiger partial charge in [-0.1, -0.05) is 18.5 Å². The topological polar surface area (TPSA) is 30.5 Å². The zero-order valence-corrected chi connectivity index (χ0v) is 12.4. The van der Waals surface area contributed by atoms with Gasteiger partial charge in [0.05, 0.1) is 18.2 Å². The Kier molecular flexibility index (Phi) is 5.34. The summed E-state index contributed by atoms with van der Waals surface area (Å²) in [5.74, 6) is 1.42. The third kappa shape index (κ3) is 3.77. The minimum Gasteiger partial charge on any atom is -0.493 e. The number of hydrogen-bond donors (Lipinski definition) is 1. The largest absolute Gasteiger partial charge is 0.493 e. The van der Waals surface area contributed by atoms with Crippen molar-refractivity contribution in [1.29, 1.82) is 0 Å². The number of hydrogen-bond acceptors (Lipinski definition) is 3. The highest BCUT2D eigenvalue weighted by atomic mass is 35.5. The summed E-state index contributed by atoms with van der Waals surface area (Å²) in [6, 6.07) is 3.95. The Labute approximate surface area is 120 Å². The lowest BCUT2D eigenvalue weighted by atomic mass is 10.2. The highest BCUT2D eigenvalue weighted by Crippen LogP contribution is 2.38.